The molecule has 12 heteroatoms. The van der Waals surface area contributed by atoms with Gasteiger partial charge in [0.05, 0.1) is 26.5 Å². The van der Waals surface area contributed by atoms with Gasteiger partial charge < -0.3 is 33.9 Å². The molecule has 1 amide bonds. The van der Waals surface area contributed by atoms with Crippen LogP contribution >= 0.6 is 0 Å². The summed E-state index contributed by atoms with van der Waals surface area (Å²) in [4.78, 5) is 29.2. The smallest absolute Gasteiger partial charge is 0.425 e. The Kier molecular flexibility index (Phi) is 11.5. The number of likely N-dealkylation sites (N-methyl/N-ethyl adjacent to an activating group) is 1. The molecule has 0 radical (unpaired) electrons. The summed E-state index contributed by atoms with van der Waals surface area (Å²) in [5.74, 6) is 3.01. The van der Waals surface area contributed by atoms with Gasteiger partial charge in [-0.15, -0.1) is 0 Å². The predicted molar refractivity (Wildman–Crippen MR) is 186 cm³/mol. The van der Waals surface area contributed by atoms with Crippen LogP contribution in [0.1, 0.15) is 18.1 Å². The third kappa shape index (κ3) is 8.25. The summed E-state index contributed by atoms with van der Waals surface area (Å²) in [5, 5.41) is 3.23. The minimum absolute atomic E-state index is 0.235. The first-order valence-electron chi connectivity index (χ1n) is 16.0. The number of aromatic nitrogens is 2. The first-order valence-corrected chi connectivity index (χ1v) is 16.0. The topological polar surface area (TPSA) is 111 Å². The highest BCUT2D eigenvalue weighted by Crippen LogP contribution is 2.41. The lowest BCUT2D eigenvalue weighted by molar-refractivity contribution is 0.131. The van der Waals surface area contributed by atoms with E-state index >= 15 is 0 Å². The van der Waals surface area contributed by atoms with Crippen LogP contribution in [0.3, 0.4) is 0 Å². The van der Waals surface area contributed by atoms with Gasteiger partial charge in [0, 0.05) is 62.8 Å². The largest absolute Gasteiger partial charge is 0.493 e. The van der Waals surface area contributed by atoms with Gasteiger partial charge in [-0.2, -0.15) is 4.98 Å². The number of carbonyl (C=O) groups excluding carboxylic acids is 1. The van der Waals surface area contributed by atoms with E-state index in [-0.39, 0.29) is 11.8 Å². The molecule has 0 spiro atoms. The first kappa shape index (κ1) is 34.3. The molecule has 1 N–H and O–H groups in total. The summed E-state index contributed by atoms with van der Waals surface area (Å²) >= 11 is 0. The zero-order valence-electron chi connectivity index (χ0n) is 28.5. The molecule has 0 saturated carbocycles. The van der Waals surface area contributed by atoms with Crippen molar-refractivity contribution in [3.63, 3.8) is 0 Å². The number of para-hydroxylation sites is 3. The number of aryl methyl sites for hydroxylation is 2. The van der Waals surface area contributed by atoms with E-state index in [4.69, 9.17) is 28.7 Å². The van der Waals surface area contributed by atoms with Gasteiger partial charge >= 0.3 is 6.09 Å². The third-order valence-electron chi connectivity index (χ3n) is 8.02. The zero-order valence-corrected chi connectivity index (χ0v) is 28.5. The van der Waals surface area contributed by atoms with Gasteiger partial charge in [-0.3, -0.25) is 4.90 Å². The zero-order chi connectivity index (χ0) is 34.0. The lowest BCUT2D eigenvalue weighted by Gasteiger charge is -2.32. The quantitative estimate of drug-likeness (QED) is 0.177. The summed E-state index contributed by atoms with van der Waals surface area (Å²) in [6.45, 7) is 11.5. The van der Waals surface area contributed by atoms with Gasteiger partial charge in [0.1, 0.15) is 23.9 Å². The molecule has 1 aliphatic heterocycles. The van der Waals surface area contributed by atoms with Crippen LogP contribution in [0.2, 0.25) is 0 Å². The second kappa shape index (κ2) is 16.2. The van der Waals surface area contributed by atoms with Crippen LogP contribution in [0.4, 0.5) is 27.9 Å². The maximum Gasteiger partial charge on any atom is 0.425 e. The van der Waals surface area contributed by atoms with E-state index in [0.717, 1.165) is 43.9 Å². The molecule has 1 saturated heterocycles. The van der Waals surface area contributed by atoms with Crippen molar-refractivity contribution in [2.24, 2.45) is 0 Å². The average Bonchev–Trinajstić information content (AvgIpc) is 3.09. The van der Waals surface area contributed by atoms with Crippen molar-refractivity contribution < 1.29 is 28.5 Å². The fourth-order valence-electron chi connectivity index (χ4n) is 5.43. The maximum absolute atomic E-state index is 14.0. The lowest BCUT2D eigenvalue weighted by Crippen LogP contribution is -2.45. The number of hydrogen-bond acceptors (Lipinski definition) is 11. The Labute approximate surface area is 282 Å². The molecule has 48 heavy (non-hydrogen) atoms. The Bertz CT molecular complexity index is 1650. The Morgan fingerprint density at radius 3 is 2.23 bits per heavy atom. The van der Waals surface area contributed by atoms with Crippen LogP contribution in [0.15, 0.2) is 66.9 Å². The number of ether oxygens (including phenoxy) is 5. The number of amides is 1. The minimum Gasteiger partial charge on any atom is -0.493 e. The third-order valence-corrected chi connectivity index (χ3v) is 8.02. The lowest BCUT2D eigenvalue weighted by atomic mass is 10.1. The predicted octanol–water partition coefficient (Wildman–Crippen LogP) is 6.22. The molecular formula is C36H44N6O6. The fraction of sp³-hybridized carbons (Fsp3) is 0.361. The number of hydrogen-bond donors (Lipinski definition) is 1. The van der Waals surface area contributed by atoms with Gasteiger partial charge in [-0.25, -0.2) is 14.7 Å². The molecule has 5 rings (SSSR count). The molecular weight excluding hydrogens is 612 g/mol. The fourth-order valence-corrected chi connectivity index (χ4v) is 5.43. The molecule has 2 heterocycles. The monoisotopic (exact) mass is 656 g/mol. The van der Waals surface area contributed by atoms with Crippen LogP contribution in [0.25, 0.3) is 0 Å². The molecule has 254 valence electrons. The molecule has 4 aromatic rings. The van der Waals surface area contributed by atoms with Crippen molar-refractivity contribution in [2.45, 2.75) is 20.8 Å². The van der Waals surface area contributed by atoms with Crippen molar-refractivity contribution in [1.82, 2.24) is 19.8 Å². The van der Waals surface area contributed by atoms with Crippen molar-refractivity contribution in [3.8, 4) is 28.7 Å². The summed E-state index contributed by atoms with van der Waals surface area (Å²) in [6.07, 6.45) is 0.919. The van der Waals surface area contributed by atoms with Gasteiger partial charge in [-0.1, -0.05) is 30.3 Å². The molecule has 3 aromatic carbocycles. The van der Waals surface area contributed by atoms with E-state index < -0.39 is 6.09 Å². The highest BCUT2D eigenvalue weighted by atomic mass is 16.6. The Hall–Kier alpha value is -5.07. The normalized spacial score (nSPS) is 13.5. The number of benzene rings is 3. The van der Waals surface area contributed by atoms with Gasteiger partial charge in [0.2, 0.25) is 11.7 Å². The summed E-state index contributed by atoms with van der Waals surface area (Å²) in [5.41, 5.74) is 2.75. The van der Waals surface area contributed by atoms with Gasteiger partial charge in [0.15, 0.2) is 11.5 Å². The molecule has 0 unspecified atom stereocenters. The average molecular weight is 657 g/mol. The number of nitrogens with one attached hydrogen (secondary N) is 1. The van der Waals surface area contributed by atoms with E-state index in [2.05, 4.69) is 27.1 Å². The summed E-state index contributed by atoms with van der Waals surface area (Å²) in [6, 6.07) is 18.2. The van der Waals surface area contributed by atoms with Crippen LogP contribution < -0.4 is 33.9 Å². The number of rotatable bonds is 13. The number of anilines is 4. The van der Waals surface area contributed by atoms with E-state index in [1.807, 2.05) is 51.1 Å². The maximum atomic E-state index is 14.0. The number of nitrogens with zero attached hydrogens (tertiary/aromatic N) is 5. The summed E-state index contributed by atoms with van der Waals surface area (Å²) < 4.78 is 29.4. The second-order valence-electron chi connectivity index (χ2n) is 11.4. The SMILES string of the molecule is CCOc1ccccc1N(C(=O)Oc1c(C)cccc1C)c1ccnc(Nc2cc(OC)c(OCCN3CCN(C)CC3)c(OC)c2)n1. The highest BCUT2D eigenvalue weighted by molar-refractivity contribution is 5.98. The molecule has 0 bridgehead atoms. The van der Waals surface area contributed by atoms with Gasteiger partial charge in [-0.05, 0) is 51.1 Å². The second-order valence-corrected chi connectivity index (χ2v) is 11.4. The van der Waals surface area contributed by atoms with E-state index in [9.17, 15) is 4.79 Å². The minimum atomic E-state index is -0.648. The molecule has 1 fully saturated rings. The molecule has 1 aromatic heterocycles. The number of methoxy groups -OCH3 is 2. The number of piperazine rings is 1. The van der Waals surface area contributed by atoms with Crippen molar-refractivity contribution in [2.75, 3.05) is 77.4 Å². The molecule has 12 nitrogen and oxygen atoms in total. The Morgan fingerprint density at radius 1 is 0.875 bits per heavy atom. The number of carbonyl (C=O) groups is 1. The summed E-state index contributed by atoms with van der Waals surface area (Å²) in [7, 11) is 5.30. The molecule has 1 aliphatic rings. The van der Waals surface area contributed by atoms with Crippen molar-refractivity contribution in [3.05, 3.63) is 78.0 Å². The van der Waals surface area contributed by atoms with E-state index in [0.29, 0.717) is 53.3 Å². The van der Waals surface area contributed by atoms with E-state index in [1.54, 1.807) is 50.7 Å². The molecule has 0 aliphatic carbocycles. The first-order chi connectivity index (χ1) is 23.3. The Balaban J connectivity index is 1.41. The molecule has 0 atom stereocenters. The standard InChI is InChI=1S/C36H44N6O6/c1-7-46-29-14-9-8-13-28(29)42(36(43)48-33-25(2)11-10-12-26(33)3)32-15-16-37-35(39-32)38-27-23-30(44-5)34(31(24-27)45-6)47-22-21-41-19-17-40(4)18-20-41/h8-16,23-24H,7,17-22H2,1-6H3,(H,37,38,39). The van der Waals surface area contributed by atoms with Crippen LogP contribution in [-0.4, -0.2) is 93.1 Å². The van der Waals surface area contributed by atoms with Gasteiger partial charge in [0.25, 0.3) is 0 Å². The highest BCUT2D eigenvalue weighted by Gasteiger charge is 2.27. The Morgan fingerprint density at radius 2 is 1.56 bits per heavy atom. The van der Waals surface area contributed by atoms with Crippen LogP contribution in [0, 0.1) is 13.8 Å². The van der Waals surface area contributed by atoms with Crippen molar-refractivity contribution >= 4 is 29.2 Å². The van der Waals surface area contributed by atoms with Crippen LogP contribution in [0.5, 0.6) is 28.7 Å². The van der Waals surface area contributed by atoms with E-state index in [1.165, 1.54) is 4.90 Å². The van der Waals surface area contributed by atoms with Crippen LogP contribution in [-0.2, 0) is 0 Å². The van der Waals surface area contributed by atoms with Crippen molar-refractivity contribution in [1.29, 1.82) is 0 Å².